The number of ketones is 1. The average molecular weight is 247 g/mol. The molecule has 0 N–H and O–H groups in total. The van der Waals surface area contributed by atoms with Gasteiger partial charge in [-0.25, -0.2) is 4.79 Å². The van der Waals surface area contributed by atoms with E-state index in [1.54, 1.807) is 0 Å². The number of rotatable bonds is 3. The number of carbonyl (C=O) groups is 2. The molecule has 0 aromatic heterocycles. The second-order valence-electron chi connectivity index (χ2n) is 4.50. The molecule has 4 heteroatoms. The number of benzene rings is 1. The Morgan fingerprint density at radius 2 is 2.06 bits per heavy atom. The highest BCUT2D eigenvalue weighted by Crippen LogP contribution is 2.19. The first kappa shape index (κ1) is 12.6. The second kappa shape index (κ2) is 5.67. The van der Waals surface area contributed by atoms with Crippen molar-refractivity contribution in [3.05, 3.63) is 35.9 Å². The van der Waals surface area contributed by atoms with Crippen LogP contribution in [0.2, 0.25) is 0 Å². The molecular formula is C14H17NO3. The fraction of sp³-hybridized carbons (Fsp3) is 0.429. The molecule has 0 aliphatic carbocycles. The molecule has 2 rings (SSSR count). The van der Waals surface area contributed by atoms with Crippen LogP contribution in [0.4, 0.5) is 4.79 Å². The minimum Gasteiger partial charge on any atom is -0.445 e. The van der Waals surface area contributed by atoms with E-state index in [1.165, 1.54) is 11.8 Å². The Labute approximate surface area is 107 Å². The molecule has 96 valence electrons. The van der Waals surface area contributed by atoms with Crippen LogP contribution in [-0.2, 0) is 16.1 Å². The Kier molecular flexibility index (Phi) is 3.97. The molecule has 4 nitrogen and oxygen atoms in total. The van der Waals surface area contributed by atoms with Crippen LogP contribution in [-0.4, -0.2) is 29.4 Å². The average Bonchev–Trinajstić information content (AvgIpc) is 2.86. The van der Waals surface area contributed by atoms with E-state index < -0.39 is 6.09 Å². The molecule has 1 aliphatic rings. The van der Waals surface area contributed by atoms with Gasteiger partial charge in [0.15, 0.2) is 5.78 Å². The summed E-state index contributed by atoms with van der Waals surface area (Å²) in [6.45, 7) is 2.38. The van der Waals surface area contributed by atoms with E-state index in [0.717, 1.165) is 18.4 Å². The summed E-state index contributed by atoms with van der Waals surface area (Å²) in [5.41, 5.74) is 0.949. The standard InChI is InChI=1S/C14H17NO3/c1-11(16)13-8-5-9-15(13)14(17)18-10-12-6-3-2-4-7-12/h2-4,6-7,13H,5,8-10H2,1H3/t13-/m0/s1. The molecule has 1 aromatic carbocycles. The van der Waals surface area contributed by atoms with Gasteiger partial charge in [0.05, 0.1) is 6.04 Å². The third kappa shape index (κ3) is 2.88. The molecule has 1 aromatic rings. The lowest BCUT2D eigenvalue weighted by Crippen LogP contribution is -2.39. The molecule has 1 fully saturated rings. The minimum atomic E-state index is -0.392. The van der Waals surface area contributed by atoms with Crippen molar-refractivity contribution < 1.29 is 14.3 Å². The lowest BCUT2D eigenvalue weighted by molar-refractivity contribution is -0.120. The van der Waals surface area contributed by atoms with Crippen molar-refractivity contribution in [2.45, 2.75) is 32.4 Å². The van der Waals surface area contributed by atoms with Gasteiger partial charge in [-0.05, 0) is 25.3 Å². The number of Topliss-reactive ketones (excluding diaryl/α,β-unsaturated/α-hetero) is 1. The minimum absolute atomic E-state index is 0.0316. The van der Waals surface area contributed by atoms with E-state index >= 15 is 0 Å². The van der Waals surface area contributed by atoms with E-state index in [1.807, 2.05) is 30.3 Å². The first-order valence-corrected chi connectivity index (χ1v) is 6.16. The fourth-order valence-electron chi connectivity index (χ4n) is 2.21. The number of amides is 1. The molecular weight excluding hydrogens is 230 g/mol. The molecule has 1 atom stereocenters. The normalized spacial score (nSPS) is 18.7. The Morgan fingerprint density at radius 1 is 1.33 bits per heavy atom. The van der Waals surface area contributed by atoms with Crippen LogP contribution in [0.1, 0.15) is 25.3 Å². The first-order chi connectivity index (χ1) is 8.68. The molecule has 1 saturated heterocycles. The van der Waals surface area contributed by atoms with Gasteiger partial charge < -0.3 is 4.74 Å². The Morgan fingerprint density at radius 3 is 2.72 bits per heavy atom. The van der Waals surface area contributed by atoms with Gasteiger partial charge in [-0.2, -0.15) is 0 Å². The molecule has 18 heavy (non-hydrogen) atoms. The topological polar surface area (TPSA) is 46.6 Å². The quantitative estimate of drug-likeness (QED) is 0.823. The number of ether oxygens (including phenoxy) is 1. The van der Waals surface area contributed by atoms with Gasteiger partial charge in [-0.3, -0.25) is 9.69 Å². The molecule has 0 bridgehead atoms. The third-order valence-electron chi connectivity index (χ3n) is 3.16. The highest BCUT2D eigenvalue weighted by molar-refractivity contribution is 5.85. The smallest absolute Gasteiger partial charge is 0.410 e. The van der Waals surface area contributed by atoms with Crippen LogP contribution in [0.15, 0.2) is 30.3 Å². The SMILES string of the molecule is CC(=O)[C@@H]1CCCN1C(=O)OCc1ccccc1. The third-order valence-corrected chi connectivity index (χ3v) is 3.16. The lowest BCUT2D eigenvalue weighted by atomic mass is 10.1. The summed E-state index contributed by atoms with van der Waals surface area (Å²) in [4.78, 5) is 24.8. The first-order valence-electron chi connectivity index (χ1n) is 6.16. The molecule has 1 heterocycles. The zero-order valence-corrected chi connectivity index (χ0v) is 10.5. The number of likely N-dealkylation sites (tertiary alicyclic amines) is 1. The van der Waals surface area contributed by atoms with Crippen molar-refractivity contribution in [1.82, 2.24) is 4.90 Å². The van der Waals surface area contributed by atoms with Gasteiger partial charge in [0, 0.05) is 6.54 Å². The maximum atomic E-state index is 11.9. The highest BCUT2D eigenvalue weighted by atomic mass is 16.6. The Balaban J connectivity index is 1.90. The number of hydrogen-bond acceptors (Lipinski definition) is 3. The molecule has 0 spiro atoms. The van der Waals surface area contributed by atoms with Gasteiger partial charge in [-0.1, -0.05) is 30.3 Å². The fourth-order valence-corrected chi connectivity index (χ4v) is 2.21. The second-order valence-corrected chi connectivity index (χ2v) is 4.50. The molecule has 0 saturated carbocycles. The maximum absolute atomic E-state index is 11.9. The van der Waals surface area contributed by atoms with Crippen LogP contribution in [0.5, 0.6) is 0 Å². The number of carbonyl (C=O) groups excluding carboxylic acids is 2. The zero-order valence-electron chi connectivity index (χ0n) is 10.5. The predicted molar refractivity (Wildman–Crippen MR) is 67.0 cm³/mol. The van der Waals surface area contributed by atoms with Crippen molar-refractivity contribution in [2.24, 2.45) is 0 Å². The van der Waals surface area contributed by atoms with Gasteiger partial charge in [0.2, 0.25) is 0 Å². The summed E-state index contributed by atoms with van der Waals surface area (Å²) in [6, 6.07) is 9.22. The number of hydrogen-bond donors (Lipinski definition) is 0. The zero-order chi connectivity index (χ0) is 13.0. The summed E-state index contributed by atoms with van der Waals surface area (Å²) in [5.74, 6) is 0.0316. The van der Waals surface area contributed by atoms with Crippen molar-refractivity contribution in [1.29, 1.82) is 0 Å². The van der Waals surface area contributed by atoms with E-state index in [2.05, 4.69) is 0 Å². The van der Waals surface area contributed by atoms with Crippen LogP contribution in [0.25, 0.3) is 0 Å². The lowest BCUT2D eigenvalue weighted by Gasteiger charge is -2.21. The van der Waals surface area contributed by atoms with Crippen molar-refractivity contribution in [2.75, 3.05) is 6.54 Å². The van der Waals surface area contributed by atoms with E-state index in [0.29, 0.717) is 6.54 Å². The summed E-state index contributed by atoms with van der Waals surface area (Å²) < 4.78 is 5.23. The molecule has 1 amide bonds. The van der Waals surface area contributed by atoms with E-state index in [4.69, 9.17) is 4.74 Å². The van der Waals surface area contributed by atoms with Crippen LogP contribution >= 0.6 is 0 Å². The van der Waals surface area contributed by atoms with Gasteiger partial charge in [-0.15, -0.1) is 0 Å². The van der Waals surface area contributed by atoms with Crippen LogP contribution in [0.3, 0.4) is 0 Å². The van der Waals surface area contributed by atoms with Crippen LogP contribution < -0.4 is 0 Å². The Hall–Kier alpha value is -1.84. The summed E-state index contributed by atoms with van der Waals surface area (Å²) in [5, 5.41) is 0. The van der Waals surface area contributed by atoms with Gasteiger partial charge in [0.1, 0.15) is 6.61 Å². The van der Waals surface area contributed by atoms with Gasteiger partial charge >= 0.3 is 6.09 Å². The largest absolute Gasteiger partial charge is 0.445 e. The maximum Gasteiger partial charge on any atom is 0.410 e. The number of nitrogens with zero attached hydrogens (tertiary/aromatic N) is 1. The van der Waals surface area contributed by atoms with Crippen molar-refractivity contribution in [3.63, 3.8) is 0 Å². The predicted octanol–water partition coefficient (Wildman–Crippen LogP) is 2.38. The molecule has 0 radical (unpaired) electrons. The van der Waals surface area contributed by atoms with E-state index in [9.17, 15) is 9.59 Å². The Bertz CT molecular complexity index is 430. The van der Waals surface area contributed by atoms with Crippen molar-refractivity contribution >= 4 is 11.9 Å². The highest BCUT2D eigenvalue weighted by Gasteiger charge is 2.32. The summed E-state index contributed by atoms with van der Waals surface area (Å²) >= 11 is 0. The van der Waals surface area contributed by atoms with Gasteiger partial charge in [0.25, 0.3) is 0 Å². The molecule has 0 unspecified atom stereocenters. The molecule has 1 aliphatic heterocycles. The monoisotopic (exact) mass is 247 g/mol. The summed E-state index contributed by atoms with van der Waals surface area (Å²) in [6.07, 6.45) is 1.22. The van der Waals surface area contributed by atoms with E-state index in [-0.39, 0.29) is 18.4 Å². The summed E-state index contributed by atoms with van der Waals surface area (Å²) in [7, 11) is 0. The van der Waals surface area contributed by atoms with Crippen molar-refractivity contribution in [3.8, 4) is 0 Å². The van der Waals surface area contributed by atoms with Crippen LogP contribution in [0, 0.1) is 0 Å².